The average molecular weight is 203 g/mol. The molecule has 11 heavy (non-hydrogen) atoms. The maximum absolute atomic E-state index is 12.7. The van der Waals surface area contributed by atoms with E-state index in [0.717, 1.165) is 0 Å². The molecule has 0 N–H and O–H groups in total. The minimum Gasteiger partial charge on any atom is -0.247 e. The fraction of sp³-hybridized carbons (Fsp3) is 1.00. The van der Waals surface area contributed by atoms with Crippen LogP contribution in [0.2, 0.25) is 0 Å². The highest BCUT2D eigenvalue weighted by Gasteiger charge is 2.15. The van der Waals surface area contributed by atoms with Gasteiger partial charge in [0.1, 0.15) is 6.17 Å². The van der Waals surface area contributed by atoms with E-state index in [1.807, 2.05) is 0 Å². The third-order valence-electron chi connectivity index (χ3n) is 1.36. The molecule has 0 bridgehead atoms. The van der Waals surface area contributed by atoms with Crippen LogP contribution in [0, 0.1) is 5.92 Å². The van der Waals surface area contributed by atoms with E-state index < -0.39 is 15.2 Å². The van der Waals surface area contributed by atoms with Crippen LogP contribution in [0.5, 0.6) is 0 Å². The van der Waals surface area contributed by atoms with Crippen molar-refractivity contribution in [2.45, 2.75) is 26.4 Å². The molecule has 0 heterocycles. The lowest BCUT2D eigenvalue weighted by atomic mass is 10.1. The normalized spacial score (nSPS) is 15.4. The Morgan fingerprint density at radius 3 is 2.18 bits per heavy atom. The topological polar surface area (TPSA) is 34.1 Å². The van der Waals surface area contributed by atoms with Gasteiger partial charge >= 0.3 is 0 Å². The van der Waals surface area contributed by atoms with E-state index in [2.05, 4.69) is 0 Å². The Balaban J connectivity index is 3.72. The van der Waals surface area contributed by atoms with Gasteiger partial charge in [0.2, 0.25) is 9.05 Å². The van der Waals surface area contributed by atoms with Crippen molar-refractivity contribution in [2.24, 2.45) is 5.92 Å². The van der Waals surface area contributed by atoms with Gasteiger partial charge in [-0.3, -0.25) is 0 Å². The van der Waals surface area contributed by atoms with Crippen molar-refractivity contribution in [3.05, 3.63) is 0 Å². The fourth-order valence-electron chi connectivity index (χ4n) is 0.587. The minimum atomic E-state index is -3.52. The third kappa shape index (κ3) is 6.56. The molecule has 0 spiro atoms. The van der Waals surface area contributed by atoms with Crippen LogP contribution in [0.1, 0.15) is 20.3 Å². The van der Waals surface area contributed by atoms with Crippen molar-refractivity contribution < 1.29 is 12.8 Å². The first-order valence-electron chi connectivity index (χ1n) is 3.39. The van der Waals surface area contributed by atoms with Gasteiger partial charge in [-0.05, 0) is 12.3 Å². The van der Waals surface area contributed by atoms with Gasteiger partial charge in [0.05, 0.1) is 5.75 Å². The summed E-state index contributed by atoms with van der Waals surface area (Å²) in [6, 6.07) is 0. The Kier molecular flexibility index (Phi) is 4.32. The highest BCUT2D eigenvalue weighted by Crippen LogP contribution is 2.12. The van der Waals surface area contributed by atoms with Gasteiger partial charge in [0.25, 0.3) is 0 Å². The number of halogens is 2. The average Bonchev–Trinajstić information content (AvgIpc) is 1.80. The number of alkyl halides is 1. The minimum absolute atomic E-state index is 0.0104. The van der Waals surface area contributed by atoms with Crippen LogP contribution in [0.4, 0.5) is 4.39 Å². The Bertz CT molecular complexity index is 201. The first-order chi connectivity index (χ1) is 4.83. The summed E-state index contributed by atoms with van der Waals surface area (Å²) in [6.45, 7) is 3.40. The summed E-state index contributed by atoms with van der Waals surface area (Å²) in [5.74, 6) is -0.429. The molecule has 0 aromatic heterocycles. The molecule has 0 radical (unpaired) electrons. The van der Waals surface area contributed by atoms with Crippen molar-refractivity contribution >= 4 is 19.7 Å². The second kappa shape index (κ2) is 4.26. The van der Waals surface area contributed by atoms with Crippen molar-refractivity contribution in [3.63, 3.8) is 0 Å². The van der Waals surface area contributed by atoms with Gasteiger partial charge in [-0.2, -0.15) is 0 Å². The molecule has 0 saturated carbocycles. The Morgan fingerprint density at radius 2 is 1.91 bits per heavy atom. The van der Waals surface area contributed by atoms with Crippen LogP contribution in [0.25, 0.3) is 0 Å². The second-order valence-electron chi connectivity index (χ2n) is 2.79. The summed E-state index contributed by atoms with van der Waals surface area (Å²) in [7, 11) is 1.37. The molecule has 1 atom stereocenters. The third-order valence-corrected chi connectivity index (χ3v) is 2.55. The van der Waals surface area contributed by atoms with Gasteiger partial charge in [0.15, 0.2) is 0 Å². The highest BCUT2D eigenvalue weighted by molar-refractivity contribution is 8.13. The zero-order valence-corrected chi connectivity index (χ0v) is 8.12. The van der Waals surface area contributed by atoms with Crippen LogP contribution in [-0.2, 0) is 9.05 Å². The molecular weight excluding hydrogens is 191 g/mol. The van der Waals surface area contributed by atoms with Crippen LogP contribution in [0.3, 0.4) is 0 Å². The van der Waals surface area contributed by atoms with E-state index in [1.165, 1.54) is 0 Å². The predicted molar refractivity (Wildman–Crippen MR) is 44.0 cm³/mol. The van der Waals surface area contributed by atoms with Crippen molar-refractivity contribution in [2.75, 3.05) is 5.75 Å². The Morgan fingerprint density at radius 1 is 1.45 bits per heavy atom. The predicted octanol–water partition coefficient (Wildman–Crippen LogP) is 1.94. The lowest BCUT2D eigenvalue weighted by Crippen LogP contribution is -2.13. The fourth-order valence-corrected chi connectivity index (χ4v) is 1.36. The maximum atomic E-state index is 12.7. The smallest absolute Gasteiger partial charge is 0.232 e. The van der Waals surface area contributed by atoms with E-state index in [4.69, 9.17) is 10.7 Å². The lowest BCUT2D eigenvalue weighted by molar-refractivity contribution is 0.249. The lowest BCUT2D eigenvalue weighted by Gasteiger charge is -2.09. The summed E-state index contributed by atoms with van der Waals surface area (Å²) >= 11 is 0. The molecule has 0 aliphatic heterocycles. The van der Waals surface area contributed by atoms with Gasteiger partial charge in [0, 0.05) is 10.7 Å². The van der Waals surface area contributed by atoms with E-state index in [9.17, 15) is 12.8 Å². The zero-order chi connectivity index (χ0) is 9.07. The van der Waals surface area contributed by atoms with Crippen LogP contribution >= 0.6 is 10.7 Å². The van der Waals surface area contributed by atoms with E-state index in [0.29, 0.717) is 0 Å². The van der Waals surface area contributed by atoms with Crippen molar-refractivity contribution in [3.8, 4) is 0 Å². The van der Waals surface area contributed by atoms with Crippen molar-refractivity contribution in [1.29, 1.82) is 0 Å². The molecular formula is C6H12ClFO2S. The molecule has 1 unspecified atom stereocenters. The van der Waals surface area contributed by atoms with E-state index in [1.54, 1.807) is 13.8 Å². The summed E-state index contributed by atoms with van der Waals surface area (Å²) in [6.07, 6.45) is -1.09. The van der Waals surface area contributed by atoms with Gasteiger partial charge in [-0.15, -0.1) is 0 Å². The molecule has 0 saturated heterocycles. The summed E-state index contributed by atoms with van der Waals surface area (Å²) in [5, 5.41) is 0. The Labute approximate surface area is 71.2 Å². The molecule has 0 aromatic carbocycles. The molecule has 0 aromatic rings. The second-order valence-corrected chi connectivity index (χ2v) is 5.69. The molecule has 5 heteroatoms. The first-order valence-corrected chi connectivity index (χ1v) is 5.87. The standard InChI is InChI=1S/C6H12ClFO2S/c1-5(2)6(8)3-4-11(7,9)10/h5-6H,3-4H2,1-2H3. The SMILES string of the molecule is CC(C)C(F)CCS(=O)(=O)Cl. The first kappa shape index (κ1) is 11.2. The molecule has 0 rings (SSSR count). The van der Waals surface area contributed by atoms with E-state index in [-0.39, 0.29) is 18.1 Å². The van der Waals surface area contributed by atoms with Gasteiger partial charge < -0.3 is 0 Å². The van der Waals surface area contributed by atoms with Crippen LogP contribution in [0.15, 0.2) is 0 Å². The molecule has 0 aliphatic carbocycles. The number of rotatable bonds is 4. The molecule has 68 valence electrons. The van der Waals surface area contributed by atoms with Crippen molar-refractivity contribution in [1.82, 2.24) is 0 Å². The summed E-state index contributed by atoms with van der Waals surface area (Å²) < 4.78 is 33.4. The van der Waals surface area contributed by atoms with E-state index >= 15 is 0 Å². The number of hydrogen-bond acceptors (Lipinski definition) is 2. The zero-order valence-electron chi connectivity index (χ0n) is 6.55. The van der Waals surface area contributed by atoms with Crippen LogP contribution in [-0.4, -0.2) is 20.3 Å². The Hall–Kier alpha value is 0.170. The van der Waals surface area contributed by atoms with Gasteiger partial charge in [-0.1, -0.05) is 13.8 Å². The summed E-state index contributed by atoms with van der Waals surface area (Å²) in [5.41, 5.74) is 0. The number of hydrogen-bond donors (Lipinski definition) is 0. The molecule has 0 amide bonds. The monoisotopic (exact) mass is 202 g/mol. The largest absolute Gasteiger partial charge is 0.247 e. The summed E-state index contributed by atoms with van der Waals surface area (Å²) in [4.78, 5) is 0. The molecule has 0 fully saturated rings. The highest BCUT2D eigenvalue weighted by atomic mass is 35.7. The molecule has 0 aliphatic rings. The quantitative estimate of drug-likeness (QED) is 0.653. The molecule has 2 nitrogen and oxygen atoms in total. The van der Waals surface area contributed by atoms with Gasteiger partial charge in [-0.25, -0.2) is 12.8 Å². The van der Waals surface area contributed by atoms with Crippen LogP contribution < -0.4 is 0 Å². The maximum Gasteiger partial charge on any atom is 0.232 e.